The van der Waals surface area contributed by atoms with E-state index in [1.165, 1.54) is 0 Å². The van der Waals surface area contributed by atoms with E-state index in [1.54, 1.807) is 6.20 Å². The summed E-state index contributed by atoms with van der Waals surface area (Å²) in [5, 5.41) is 3.61. The number of nitrogens with one attached hydrogen (secondary N) is 2. The van der Waals surface area contributed by atoms with Crippen LogP contribution in [0.5, 0.6) is 0 Å². The van der Waals surface area contributed by atoms with Gasteiger partial charge in [-0.3, -0.25) is 9.59 Å². The van der Waals surface area contributed by atoms with Crippen molar-refractivity contribution < 1.29 is 35.9 Å². The van der Waals surface area contributed by atoms with Gasteiger partial charge in [0.05, 0.1) is 11.1 Å². The van der Waals surface area contributed by atoms with E-state index in [1.807, 2.05) is 24.3 Å². The Morgan fingerprint density at radius 2 is 1.60 bits per heavy atom. The molecule has 1 atom stereocenters. The second kappa shape index (κ2) is 9.39. The zero-order chi connectivity index (χ0) is 25.4. The summed E-state index contributed by atoms with van der Waals surface area (Å²) in [6, 6.07) is 8.58. The molecule has 1 aliphatic carbocycles. The lowest BCUT2D eigenvalue weighted by Crippen LogP contribution is -2.38. The normalized spacial score (nSPS) is 15.3. The van der Waals surface area contributed by atoms with E-state index in [-0.39, 0.29) is 36.9 Å². The number of carbonyl (C=O) groups is 2. The highest BCUT2D eigenvalue weighted by molar-refractivity contribution is 6.02. The van der Waals surface area contributed by atoms with E-state index in [0.717, 1.165) is 29.3 Å². The highest BCUT2D eigenvalue weighted by atomic mass is 19.4. The fraction of sp³-hybridized carbons (Fsp3) is 0.360. The Morgan fingerprint density at radius 1 is 0.971 bits per heavy atom. The molecule has 1 aromatic heterocycles. The number of fused-ring (bicyclic) bond motifs is 1. The highest BCUT2D eigenvalue weighted by Gasteiger charge is 2.37. The Bertz CT molecular complexity index is 1210. The molecule has 10 heteroatoms. The van der Waals surface area contributed by atoms with Crippen molar-refractivity contribution in [3.8, 4) is 0 Å². The number of para-hydroxylation sites is 1. The number of Topliss-reactive ketones (excluding diaryl/α,β-unsaturated/α-hetero) is 1. The maximum Gasteiger partial charge on any atom is 0.416 e. The molecule has 4 rings (SSSR count). The molecule has 1 fully saturated rings. The van der Waals surface area contributed by atoms with E-state index in [0.29, 0.717) is 12.1 Å². The summed E-state index contributed by atoms with van der Waals surface area (Å²) in [6.45, 7) is 0. The van der Waals surface area contributed by atoms with Crippen LogP contribution in [0.2, 0.25) is 0 Å². The molecule has 1 aliphatic rings. The number of aryl methyl sites for hydroxylation is 1. The van der Waals surface area contributed by atoms with Crippen LogP contribution >= 0.6 is 0 Å². The molecule has 0 saturated heterocycles. The third kappa shape index (κ3) is 6.04. The molecule has 0 radical (unpaired) electrons. The lowest BCUT2D eigenvalue weighted by atomic mass is 9.90. The number of ketones is 1. The summed E-state index contributed by atoms with van der Waals surface area (Å²) in [4.78, 5) is 29.0. The van der Waals surface area contributed by atoms with E-state index in [9.17, 15) is 35.9 Å². The van der Waals surface area contributed by atoms with Gasteiger partial charge in [-0.15, -0.1) is 0 Å². The summed E-state index contributed by atoms with van der Waals surface area (Å²) in [7, 11) is 0. The molecule has 35 heavy (non-hydrogen) atoms. The second-order valence-electron chi connectivity index (χ2n) is 8.78. The van der Waals surface area contributed by atoms with Gasteiger partial charge in [-0.25, -0.2) is 0 Å². The number of H-pyrrole nitrogens is 1. The molecule has 1 saturated carbocycles. The zero-order valence-corrected chi connectivity index (χ0v) is 18.4. The number of aromatic nitrogens is 1. The number of hydrogen-bond donors (Lipinski definition) is 2. The Balaban J connectivity index is 1.55. The lowest BCUT2D eigenvalue weighted by molar-refractivity contribution is -0.143. The maximum atomic E-state index is 13.1. The van der Waals surface area contributed by atoms with Crippen LogP contribution in [0.15, 0.2) is 48.7 Å². The average molecular weight is 496 g/mol. The van der Waals surface area contributed by atoms with Crippen molar-refractivity contribution in [1.82, 2.24) is 10.3 Å². The molecular formula is C25H22F6N2O2. The van der Waals surface area contributed by atoms with Crippen molar-refractivity contribution >= 4 is 22.6 Å². The van der Waals surface area contributed by atoms with Crippen LogP contribution in [0.4, 0.5) is 26.3 Å². The molecule has 1 heterocycles. The van der Waals surface area contributed by atoms with Gasteiger partial charge in [-0.1, -0.05) is 18.2 Å². The number of carbonyl (C=O) groups excluding carboxylic acids is 2. The smallest absolute Gasteiger partial charge is 0.361 e. The first kappa shape index (κ1) is 24.8. The molecule has 186 valence electrons. The summed E-state index contributed by atoms with van der Waals surface area (Å²) in [5.74, 6) is -2.13. The third-order valence-electron chi connectivity index (χ3n) is 6.04. The second-order valence-corrected chi connectivity index (χ2v) is 8.78. The van der Waals surface area contributed by atoms with E-state index in [2.05, 4.69) is 10.3 Å². The van der Waals surface area contributed by atoms with E-state index >= 15 is 0 Å². The van der Waals surface area contributed by atoms with Crippen LogP contribution < -0.4 is 5.32 Å². The van der Waals surface area contributed by atoms with Gasteiger partial charge in [0.25, 0.3) is 0 Å². The zero-order valence-electron chi connectivity index (χ0n) is 18.4. The first-order valence-corrected chi connectivity index (χ1v) is 11.1. The highest BCUT2D eigenvalue weighted by Crippen LogP contribution is 2.36. The van der Waals surface area contributed by atoms with E-state index < -0.39 is 41.1 Å². The van der Waals surface area contributed by atoms with Crippen molar-refractivity contribution in [2.24, 2.45) is 5.92 Å². The van der Waals surface area contributed by atoms with Crippen molar-refractivity contribution in [3.63, 3.8) is 0 Å². The van der Waals surface area contributed by atoms with E-state index in [4.69, 9.17) is 0 Å². The van der Waals surface area contributed by atoms with Gasteiger partial charge in [-0.2, -0.15) is 26.3 Å². The van der Waals surface area contributed by atoms with Gasteiger partial charge in [0.15, 0.2) is 0 Å². The Morgan fingerprint density at radius 3 is 2.20 bits per heavy atom. The number of halogens is 6. The molecular weight excluding hydrogens is 474 g/mol. The minimum Gasteiger partial charge on any atom is -0.361 e. The van der Waals surface area contributed by atoms with Crippen LogP contribution in [-0.4, -0.2) is 22.7 Å². The molecule has 0 spiro atoms. The average Bonchev–Trinajstić information content (AvgIpc) is 3.51. The van der Waals surface area contributed by atoms with Crippen molar-refractivity contribution in [2.75, 3.05) is 0 Å². The number of aromatic amines is 1. The number of rotatable bonds is 8. The first-order valence-electron chi connectivity index (χ1n) is 11.1. The number of hydrogen-bond acceptors (Lipinski definition) is 2. The summed E-state index contributed by atoms with van der Waals surface area (Å²) in [6.07, 6.45) is -7.31. The van der Waals surface area contributed by atoms with Crippen LogP contribution in [0.3, 0.4) is 0 Å². The van der Waals surface area contributed by atoms with Crippen LogP contribution in [0.25, 0.3) is 10.9 Å². The SMILES string of the molecule is O=C(CCc1cc(C(F)(F)F)cc(C(F)(F)F)c1)C(Cc1c[nH]c2ccccc12)C(=O)NC1CC1. The molecule has 3 aromatic rings. The maximum absolute atomic E-state index is 13.1. The molecule has 4 nitrogen and oxygen atoms in total. The minimum atomic E-state index is -4.97. The number of alkyl halides is 6. The Hall–Kier alpha value is -3.30. The minimum absolute atomic E-state index is 0.0152. The number of benzene rings is 2. The van der Waals surface area contributed by atoms with Crippen LogP contribution in [-0.2, 0) is 34.8 Å². The Kier molecular flexibility index (Phi) is 6.66. The predicted octanol–water partition coefficient (Wildman–Crippen LogP) is 5.84. The lowest BCUT2D eigenvalue weighted by Gasteiger charge is -2.17. The topological polar surface area (TPSA) is 62.0 Å². The molecule has 1 amide bonds. The fourth-order valence-electron chi connectivity index (χ4n) is 4.01. The summed E-state index contributed by atoms with van der Waals surface area (Å²) in [5.41, 5.74) is -1.59. The van der Waals surface area contributed by atoms with Gasteiger partial charge in [0, 0.05) is 29.6 Å². The monoisotopic (exact) mass is 496 g/mol. The van der Waals surface area contributed by atoms with Gasteiger partial charge < -0.3 is 10.3 Å². The fourth-order valence-corrected chi connectivity index (χ4v) is 4.01. The largest absolute Gasteiger partial charge is 0.416 e. The third-order valence-corrected chi connectivity index (χ3v) is 6.04. The molecule has 2 aromatic carbocycles. The first-order chi connectivity index (χ1) is 16.4. The van der Waals surface area contributed by atoms with Gasteiger partial charge in [0.2, 0.25) is 5.91 Å². The Labute approximate surface area is 196 Å². The quantitative estimate of drug-likeness (QED) is 0.304. The van der Waals surface area contributed by atoms with Crippen molar-refractivity contribution in [2.45, 2.75) is 50.5 Å². The predicted molar refractivity (Wildman–Crippen MR) is 116 cm³/mol. The van der Waals surface area contributed by atoms with Gasteiger partial charge in [0.1, 0.15) is 11.7 Å². The molecule has 0 aliphatic heterocycles. The summed E-state index contributed by atoms with van der Waals surface area (Å²) < 4.78 is 78.9. The van der Waals surface area contributed by atoms with Crippen LogP contribution in [0, 0.1) is 5.92 Å². The molecule has 0 bridgehead atoms. The van der Waals surface area contributed by atoms with Gasteiger partial charge in [-0.05, 0) is 61.1 Å². The van der Waals surface area contributed by atoms with Crippen molar-refractivity contribution in [3.05, 3.63) is 70.9 Å². The molecule has 2 N–H and O–H groups in total. The number of amides is 1. The standard InChI is InChI=1S/C25H22F6N2O2/c26-24(27,28)16-9-14(10-17(12-16)25(29,30)31)5-8-22(34)20(23(35)33-18-6-7-18)11-15-13-32-21-4-2-1-3-19(15)21/h1-4,9-10,12-13,18,20,32H,5-8,11H2,(H,33,35). The summed E-state index contributed by atoms with van der Waals surface area (Å²) >= 11 is 0. The van der Waals surface area contributed by atoms with Crippen LogP contribution in [0.1, 0.15) is 41.5 Å². The van der Waals surface area contributed by atoms with Crippen molar-refractivity contribution in [1.29, 1.82) is 0 Å². The van der Waals surface area contributed by atoms with Gasteiger partial charge >= 0.3 is 12.4 Å². The molecule has 1 unspecified atom stereocenters.